The van der Waals surface area contributed by atoms with Gasteiger partial charge >= 0.3 is 5.97 Å². The fourth-order valence-corrected chi connectivity index (χ4v) is 4.15. The van der Waals surface area contributed by atoms with Gasteiger partial charge in [0.1, 0.15) is 6.04 Å². The SMILES string of the molecule is CC(C)C(=O)Nc1ccc2[nH]cc([C@@H](C(=O)O)N3CCN(Cc4cccnc4)CC3)c2c1. The Bertz CT molecular complexity index is 1090. The third-order valence-electron chi connectivity index (χ3n) is 5.94. The van der Waals surface area contributed by atoms with Crippen molar-refractivity contribution in [3.8, 4) is 0 Å². The molecule has 3 aromatic rings. The van der Waals surface area contributed by atoms with Crippen LogP contribution in [0.4, 0.5) is 5.69 Å². The largest absolute Gasteiger partial charge is 0.480 e. The number of aliphatic carboxylic acids is 1. The molecule has 3 heterocycles. The fraction of sp³-hybridized carbons (Fsp3) is 0.375. The van der Waals surface area contributed by atoms with Gasteiger partial charge in [-0.1, -0.05) is 19.9 Å². The lowest BCUT2D eigenvalue weighted by Gasteiger charge is -2.37. The molecule has 2 aromatic heterocycles. The number of hydrogen-bond donors (Lipinski definition) is 3. The van der Waals surface area contributed by atoms with E-state index in [1.807, 2.05) is 49.2 Å². The van der Waals surface area contributed by atoms with E-state index in [0.717, 1.165) is 36.1 Å². The summed E-state index contributed by atoms with van der Waals surface area (Å²) < 4.78 is 0. The van der Waals surface area contributed by atoms with Gasteiger partial charge in [-0.05, 0) is 29.8 Å². The van der Waals surface area contributed by atoms with Gasteiger partial charge in [0.15, 0.2) is 0 Å². The van der Waals surface area contributed by atoms with Crippen LogP contribution in [0.15, 0.2) is 48.9 Å². The average molecular weight is 436 g/mol. The third kappa shape index (κ3) is 4.81. The zero-order valence-electron chi connectivity index (χ0n) is 18.4. The molecule has 3 N–H and O–H groups in total. The Balaban J connectivity index is 1.51. The van der Waals surface area contributed by atoms with Gasteiger partial charge in [0.25, 0.3) is 0 Å². The van der Waals surface area contributed by atoms with Crippen molar-refractivity contribution in [3.63, 3.8) is 0 Å². The minimum atomic E-state index is -0.872. The number of carbonyl (C=O) groups is 2. The molecule has 0 bridgehead atoms. The van der Waals surface area contributed by atoms with Crippen molar-refractivity contribution >= 4 is 28.5 Å². The lowest BCUT2D eigenvalue weighted by molar-refractivity contribution is -0.144. The van der Waals surface area contributed by atoms with E-state index in [1.165, 1.54) is 0 Å². The molecular formula is C24H29N5O3. The highest BCUT2D eigenvalue weighted by atomic mass is 16.4. The van der Waals surface area contributed by atoms with Gasteiger partial charge in [-0.3, -0.25) is 24.4 Å². The first-order chi connectivity index (χ1) is 15.4. The summed E-state index contributed by atoms with van der Waals surface area (Å²) in [5, 5.41) is 13.8. The van der Waals surface area contributed by atoms with Crippen LogP contribution in [-0.2, 0) is 16.1 Å². The highest BCUT2D eigenvalue weighted by Gasteiger charge is 2.32. The molecule has 0 unspecified atom stereocenters. The molecule has 1 fully saturated rings. The van der Waals surface area contributed by atoms with Crippen molar-refractivity contribution < 1.29 is 14.7 Å². The summed E-state index contributed by atoms with van der Waals surface area (Å²) in [7, 11) is 0. The highest BCUT2D eigenvalue weighted by Crippen LogP contribution is 2.31. The quantitative estimate of drug-likeness (QED) is 0.527. The molecule has 1 saturated heterocycles. The first-order valence-electron chi connectivity index (χ1n) is 10.9. The number of nitrogens with one attached hydrogen (secondary N) is 2. The predicted molar refractivity (Wildman–Crippen MR) is 123 cm³/mol. The highest BCUT2D eigenvalue weighted by molar-refractivity contribution is 5.96. The number of fused-ring (bicyclic) bond motifs is 1. The molecule has 4 rings (SSSR count). The lowest BCUT2D eigenvalue weighted by atomic mass is 10.0. The van der Waals surface area contributed by atoms with Crippen LogP contribution in [-0.4, -0.2) is 62.9 Å². The number of carbonyl (C=O) groups excluding carboxylic acids is 1. The van der Waals surface area contributed by atoms with Crippen LogP contribution in [0.3, 0.4) is 0 Å². The molecule has 0 radical (unpaired) electrons. The van der Waals surface area contributed by atoms with Crippen LogP contribution >= 0.6 is 0 Å². The van der Waals surface area contributed by atoms with Gasteiger partial charge in [0.05, 0.1) is 0 Å². The number of nitrogens with zero attached hydrogens (tertiary/aromatic N) is 3. The second-order valence-corrected chi connectivity index (χ2v) is 8.56. The summed E-state index contributed by atoms with van der Waals surface area (Å²) in [5.74, 6) is -1.07. The van der Waals surface area contributed by atoms with Crippen LogP contribution in [0, 0.1) is 5.92 Å². The number of pyridine rings is 1. The summed E-state index contributed by atoms with van der Waals surface area (Å²) in [4.78, 5) is 36.1. The second-order valence-electron chi connectivity index (χ2n) is 8.56. The van der Waals surface area contributed by atoms with Crippen molar-refractivity contribution in [3.05, 3.63) is 60.0 Å². The number of hydrogen-bond acceptors (Lipinski definition) is 5. The Kier molecular flexibility index (Phi) is 6.53. The van der Waals surface area contributed by atoms with Gasteiger partial charge in [-0.25, -0.2) is 0 Å². The molecule has 0 aliphatic carbocycles. The molecule has 1 amide bonds. The Morgan fingerprint density at radius 1 is 1.19 bits per heavy atom. The van der Waals surface area contributed by atoms with E-state index in [2.05, 4.69) is 26.3 Å². The average Bonchev–Trinajstić information content (AvgIpc) is 3.18. The number of benzene rings is 1. The number of rotatable bonds is 7. The first-order valence-corrected chi connectivity index (χ1v) is 10.9. The van der Waals surface area contributed by atoms with Gasteiger partial charge in [-0.2, -0.15) is 0 Å². The van der Waals surface area contributed by atoms with Crippen LogP contribution in [0.1, 0.15) is 31.0 Å². The van der Waals surface area contributed by atoms with Gasteiger partial charge in [0.2, 0.25) is 5.91 Å². The van der Waals surface area contributed by atoms with E-state index in [1.54, 1.807) is 12.4 Å². The molecule has 1 aromatic carbocycles. The summed E-state index contributed by atoms with van der Waals surface area (Å²) in [6.45, 7) is 7.38. The van der Waals surface area contributed by atoms with Crippen LogP contribution in [0.25, 0.3) is 10.9 Å². The Morgan fingerprint density at radius 2 is 1.97 bits per heavy atom. The predicted octanol–water partition coefficient (Wildman–Crippen LogP) is 3.10. The molecule has 168 valence electrons. The van der Waals surface area contributed by atoms with Crippen molar-refractivity contribution in [1.29, 1.82) is 0 Å². The normalized spacial score (nSPS) is 16.3. The Hall–Kier alpha value is -3.23. The van der Waals surface area contributed by atoms with Crippen molar-refractivity contribution in [2.75, 3.05) is 31.5 Å². The fourth-order valence-electron chi connectivity index (χ4n) is 4.15. The topological polar surface area (TPSA) is 102 Å². The monoisotopic (exact) mass is 435 g/mol. The summed E-state index contributed by atoms with van der Waals surface area (Å²) in [6, 6.07) is 8.80. The number of aromatic nitrogens is 2. The standard InChI is InChI=1S/C24H29N5O3/c1-16(2)23(30)27-18-5-6-21-19(12-18)20(14-26-21)22(24(31)32)29-10-8-28(9-11-29)15-17-4-3-7-25-13-17/h3-7,12-14,16,22,26H,8-11,15H2,1-2H3,(H,27,30)(H,31,32)/t22-/m0/s1. The molecular weight excluding hydrogens is 406 g/mol. The van der Waals surface area contributed by atoms with E-state index in [0.29, 0.717) is 24.3 Å². The van der Waals surface area contributed by atoms with Crippen LogP contribution in [0.2, 0.25) is 0 Å². The molecule has 1 aliphatic rings. The Labute approximate surface area is 187 Å². The third-order valence-corrected chi connectivity index (χ3v) is 5.94. The minimum absolute atomic E-state index is 0.0686. The number of H-pyrrole nitrogens is 1. The molecule has 1 atom stereocenters. The molecule has 1 aliphatic heterocycles. The molecule has 8 nitrogen and oxygen atoms in total. The van der Waals surface area contributed by atoms with E-state index in [9.17, 15) is 14.7 Å². The molecule has 0 spiro atoms. The number of aromatic amines is 1. The summed E-state index contributed by atoms with van der Waals surface area (Å²) in [6.07, 6.45) is 5.41. The first kappa shape index (κ1) is 22.0. The van der Waals surface area contributed by atoms with Gasteiger partial charge in [-0.15, -0.1) is 0 Å². The maximum absolute atomic E-state index is 12.3. The van der Waals surface area contributed by atoms with Crippen molar-refractivity contribution in [2.45, 2.75) is 26.4 Å². The molecule has 8 heteroatoms. The molecule has 0 saturated carbocycles. The number of anilines is 1. The van der Waals surface area contributed by atoms with Crippen LogP contribution in [0.5, 0.6) is 0 Å². The van der Waals surface area contributed by atoms with E-state index >= 15 is 0 Å². The van der Waals surface area contributed by atoms with Crippen LogP contribution < -0.4 is 5.32 Å². The second kappa shape index (κ2) is 9.50. The van der Waals surface area contributed by atoms with Crippen molar-refractivity contribution in [1.82, 2.24) is 19.8 Å². The summed E-state index contributed by atoms with van der Waals surface area (Å²) in [5.41, 5.74) is 3.39. The smallest absolute Gasteiger partial charge is 0.325 e. The zero-order chi connectivity index (χ0) is 22.7. The molecule has 32 heavy (non-hydrogen) atoms. The van der Waals surface area contributed by atoms with E-state index in [4.69, 9.17) is 0 Å². The van der Waals surface area contributed by atoms with E-state index < -0.39 is 12.0 Å². The van der Waals surface area contributed by atoms with Gasteiger partial charge in [0, 0.05) is 79.4 Å². The van der Waals surface area contributed by atoms with E-state index in [-0.39, 0.29) is 11.8 Å². The maximum Gasteiger partial charge on any atom is 0.325 e. The lowest BCUT2D eigenvalue weighted by Crippen LogP contribution is -2.48. The maximum atomic E-state index is 12.3. The zero-order valence-corrected chi connectivity index (χ0v) is 18.4. The van der Waals surface area contributed by atoms with Crippen molar-refractivity contribution in [2.24, 2.45) is 5.92 Å². The minimum Gasteiger partial charge on any atom is -0.480 e. The van der Waals surface area contributed by atoms with Gasteiger partial charge < -0.3 is 15.4 Å². The Morgan fingerprint density at radius 3 is 2.62 bits per heavy atom. The summed E-state index contributed by atoms with van der Waals surface area (Å²) >= 11 is 0. The number of carboxylic acids is 1. The number of carboxylic acid groups (broad SMARTS) is 1. The number of amides is 1. The number of piperazine rings is 1.